The van der Waals surface area contributed by atoms with Crippen LogP contribution in [0.1, 0.15) is 26.2 Å². The van der Waals surface area contributed by atoms with Crippen molar-refractivity contribution in [1.82, 2.24) is 0 Å². The molecule has 14 heavy (non-hydrogen) atoms. The fourth-order valence-electron chi connectivity index (χ4n) is 0.696. The Morgan fingerprint density at radius 1 is 1.36 bits per heavy atom. The van der Waals surface area contributed by atoms with E-state index in [0.29, 0.717) is 6.61 Å². The number of ether oxygens (including phenoxy) is 1. The minimum Gasteiger partial charge on any atom is -0.465 e. The van der Waals surface area contributed by atoms with Gasteiger partial charge in [-0.15, -0.1) is 0 Å². The van der Waals surface area contributed by atoms with Crippen molar-refractivity contribution in [3.63, 3.8) is 0 Å². The number of esters is 1. The second-order valence-electron chi connectivity index (χ2n) is 2.65. The van der Waals surface area contributed by atoms with Gasteiger partial charge in [0.15, 0.2) is 5.78 Å². The van der Waals surface area contributed by atoms with E-state index in [0.717, 1.165) is 18.9 Å². The SMILES string of the molecule is CCCCOC(=O)CC(=O)C=C(Cl)Cl. The zero-order valence-corrected chi connectivity index (χ0v) is 9.40. The fourth-order valence-corrected chi connectivity index (χ4v) is 0.940. The second-order valence-corrected chi connectivity index (χ2v) is 3.66. The summed E-state index contributed by atoms with van der Waals surface area (Å²) in [6.45, 7) is 2.33. The van der Waals surface area contributed by atoms with Gasteiger partial charge in [0.05, 0.1) is 6.61 Å². The highest BCUT2D eigenvalue weighted by Gasteiger charge is 2.08. The number of allylic oxidation sites excluding steroid dienone is 1. The lowest BCUT2D eigenvalue weighted by Crippen LogP contribution is -2.10. The van der Waals surface area contributed by atoms with Crippen molar-refractivity contribution in [1.29, 1.82) is 0 Å². The summed E-state index contributed by atoms with van der Waals surface area (Å²) >= 11 is 10.5. The Morgan fingerprint density at radius 2 is 2.00 bits per heavy atom. The topological polar surface area (TPSA) is 43.4 Å². The van der Waals surface area contributed by atoms with Crippen molar-refractivity contribution in [3.05, 3.63) is 10.6 Å². The van der Waals surface area contributed by atoms with Gasteiger partial charge in [0.1, 0.15) is 10.9 Å². The number of rotatable bonds is 6. The molecule has 0 heterocycles. The highest BCUT2D eigenvalue weighted by Crippen LogP contribution is 2.07. The summed E-state index contributed by atoms with van der Waals surface area (Å²) in [7, 11) is 0. The lowest BCUT2D eigenvalue weighted by Gasteiger charge is -2.01. The van der Waals surface area contributed by atoms with E-state index in [9.17, 15) is 9.59 Å². The molecule has 3 nitrogen and oxygen atoms in total. The Labute approximate surface area is 93.0 Å². The molecule has 80 valence electrons. The molecule has 0 aliphatic carbocycles. The molecule has 0 bridgehead atoms. The molecule has 0 aromatic rings. The van der Waals surface area contributed by atoms with Gasteiger partial charge in [-0.25, -0.2) is 0 Å². The van der Waals surface area contributed by atoms with E-state index in [1.165, 1.54) is 0 Å². The number of hydrogen-bond acceptors (Lipinski definition) is 3. The molecular formula is C9H12Cl2O3. The predicted molar refractivity (Wildman–Crippen MR) is 55.3 cm³/mol. The van der Waals surface area contributed by atoms with Crippen LogP contribution in [-0.4, -0.2) is 18.4 Å². The van der Waals surface area contributed by atoms with Gasteiger partial charge in [0.2, 0.25) is 0 Å². The fraction of sp³-hybridized carbons (Fsp3) is 0.556. The van der Waals surface area contributed by atoms with E-state index in [4.69, 9.17) is 27.9 Å². The van der Waals surface area contributed by atoms with Crippen LogP contribution < -0.4 is 0 Å². The van der Waals surface area contributed by atoms with Gasteiger partial charge >= 0.3 is 5.97 Å². The van der Waals surface area contributed by atoms with Crippen LogP contribution in [0.3, 0.4) is 0 Å². The van der Waals surface area contributed by atoms with Crippen molar-refractivity contribution in [2.45, 2.75) is 26.2 Å². The molecule has 5 heteroatoms. The normalized spacial score (nSPS) is 9.36. The van der Waals surface area contributed by atoms with Crippen LogP contribution >= 0.6 is 23.2 Å². The minimum absolute atomic E-state index is 0.156. The molecule has 0 unspecified atom stereocenters. The molecule has 0 spiro atoms. The maximum Gasteiger partial charge on any atom is 0.313 e. The van der Waals surface area contributed by atoms with Gasteiger partial charge in [-0.1, -0.05) is 36.5 Å². The molecule has 0 amide bonds. The monoisotopic (exact) mass is 238 g/mol. The molecule has 0 aromatic heterocycles. The van der Waals surface area contributed by atoms with Crippen LogP contribution in [0.15, 0.2) is 10.6 Å². The summed E-state index contributed by atoms with van der Waals surface area (Å²) in [6, 6.07) is 0. The van der Waals surface area contributed by atoms with Crippen molar-refractivity contribution in [2.75, 3.05) is 6.61 Å². The van der Waals surface area contributed by atoms with Crippen molar-refractivity contribution >= 4 is 35.0 Å². The zero-order chi connectivity index (χ0) is 11.0. The van der Waals surface area contributed by atoms with Crippen LogP contribution in [0.4, 0.5) is 0 Å². The van der Waals surface area contributed by atoms with E-state index >= 15 is 0 Å². The van der Waals surface area contributed by atoms with Gasteiger partial charge in [0, 0.05) is 6.08 Å². The van der Waals surface area contributed by atoms with Crippen LogP contribution in [0.2, 0.25) is 0 Å². The third-order valence-corrected chi connectivity index (χ3v) is 1.57. The first-order valence-electron chi connectivity index (χ1n) is 4.27. The van der Waals surface area contributed by atoms with E-state index in [1.807, 2.05) is 6.92 Å². The summed E-state index contributed by atoms with van der Waals surface area (Å²) in [5, 5.41) is 0. The maximum absolute atomic E-state index is 11.0. The largest absolute Gasteiger partial charge is 0.465 e. The summed E-state index contributed by atoms with van der Waals surface area (Å²) in [5.41, 5.74) is 0. The molecule has 0 saturated heterocycles. The van der Waals surface area contributed by atoms with Gasteiger partial charge in [0.25, 0.3) is 0 Å². The number of unbranched alkanes of at least 4 members (excludes halogenated alkanes) is 1. The first-order valence-corrected chi connectivity index (χ1v) is 5.03. The predicted octanol–water partition coefficient (Wildman–Crippen LogP) is 2.61. The number of hydrogen-bond donors (Lipinski definition) is 0. The molecule has 0 radical (unpaired) electrons. The first-order chi connectivity index (χ1) is 6.56. The summed E-state index contributed by atoms with van der Waals surface area (Å²) in [4.78, 5) is 21.9. The smallest absolute Gasteiger partial charge is 0.313 e. The number of carbonyl (C=O) groups is 2. The van der Waals surface area contributed by atoms with Crippen LogP contribution in [0, 0.1) is 0 Å². The first kappa shape index (κ1) is 13.5. The van der Waals surface area contributed by atoms with Crippen molar-refractivity contribution in [3.8, 4) is 0 Å². The highest BCUT2D eigenvalue weighted by atomic mass is 35.5. The van der Waals surface area contributed by atoms with Crippen molar-refractivity contribution in [2.24, 2.45) is 0 Å². The summed E-state index contributed by atoms with van der Waals surface area (Å²) in [6.07, 6.45) is 2.41. The Kier molecular flexibility index (Phi) is 7.52. The maximum atomic E-state index is 11.0. The number of halogens is 2. The van der Waals surface area contributed by atoms with E-state index < -0.39 is 11.8 Å². The lowest BCUT2D eigenvalue weighted by atomic mass is 10.3. The molecule has 0 aliphatic rings. The van der Waals surface area contributed by atoms with E-state index in [-0.39, 0.29) is 10.9 Å². The van der Waals surface area contributed by atoms with Crippen LogP contribution in [-0.2, 0) is 14.3 Å². The average molecular weight is 239 g/mol. The third kappa shape index (κ3) is 8.08. The molecule has 0 fully saturated rings. The highest BCUT2D eigenvalue weighted by molar-refractivity contribution is 6.56. The molecule has 0 aromatic carbocycles. The Balaban J connectivity index is 3.72. The van der Waals surface area contributed by atoms with E-state index in [2.05, 4.69) is 0 Å². The van der Waals surface area contributed by atoms with Gasteiger partial charge in [-0.05, 0) is 6.42 Å². The summed E-state index contributed by atoms with van der Waals surface area (Å²) in [5.74, 6) is -0.999. The lowest BCUT2D eigenvalue weighted by molar-refractivity contribution is -0.145. The number of ketones is 1. The van der Waals surface area contributed by atoms with E-state index in [1.54, 1.807) is 0 Å². The Morgan fingerprint density at radius 3 is 2.50 bits per heavy atom. The molecule has 0 aliphatic heterocycles. The van der Waals surface area contributed by atoms with Crippen molar-refractivity contribution < 1.29 is 14.3 Å². The Hall–Kier alpha value is -0.540. The van der Waals surface area contributed by atoms with Gasteiger partial charge < -0.3 is 4.74 Å². The zero-order valence-electron chi connectivity index (χ0n) is 7.89. The molecular weight excluding hydrogens is 227 g/mol. The number of carbonyl (C=O) groups excluding carboxylic acids is 2. The summed E-state index contributed by atoms with van der Waals surface area (Å²) < 4.78 is 4.60. The van der Waals surface area contributed by atoms with Gasteiger partial charge in [-0.2, -0.15) is 0 Å². The molecule has 0 N–H and O–H groups in total. The Bertz CT molecular complexity index is 232. The second kappa shape index (κ2) is 7.83. The van der Waals surface area contributed by atoms with Crippen LogP contribution in [0.5, 0.6) is 0 Å². The molecule has 0 saturated carbocycles. The van der Waals surface area contributed by atoms with Gasteiger partial charge in [-0.3, -0.25) is 9.59 Å². The quantitative estimate of drug-likeness (QED) is 0.309. The van der Waals surface area contributed by atoms with Crippen LogP contribution in [0.25, 0.3) is 0 Å². The molecule has 0 rings (SSSR count). The standard InChI is InChI=1S/C9H12Cl2O3/c1-2-3-4-14-9(13)6-7(12)5-8(10)11/h5H,2-4,6H2,1H3. The minimum atomic E-state index is -0.547. The average Bonchev–Trinajstić information content (AvgIpc) is 2.02. The third-order valence-electron chi connectivity index (χ3n) is 1.35. The molecule has 0 atom stereocenters.